The highest BCUT2D eigenvalue weighted by Crippen LogP contribution is 2.37. The molecule has 1 heterocycles. The molecule has 1 aromatic rings. The molecule has 0 fully saturated rings. The molecular formula is C11H19N3O5S2. The van der Waals surface area contributed by atoms with Gasteiger partial charge in [-0.05, 0) is 6.42 Å². The molecule has 2 N–H and O–H groups in total. The zero-order valence-corrected chi connectivity index (χ0v) is 13.5. The van der Waals surface area contributed by atoms with Crippen LogP contribution in [0.2, 0.25) is 0 Å². The third-order valence-corrected chi connectivity index (χ3v) is 6.31. The number of hydrogen-bond donors (Lipinski definition) is 2. The fourth-order valence-electron chi connectivity index (χ4n) is 1.73. The van der Waals surface area contributed by atoms with Crippen molar-refractivity contribution in [3.8, 4) is 0 Å². The van der Waals surface area contributed by atoms with Gasteiger partial charge in [-0.15, -0.1) is 0 Å². The quantitative estimate of drug-likeness (QED) is 0.521. The molecule has 0 saturated carbocycles. The predicted octanol–water partition coefficient (Wildman–Crippen LogP) is 1.48. The molecule has 0 radical (unpaired) electrons. The molecule has 0 aromatic carbocycles. The number of nitro groups is 1. The van der Waals surface area contributed by atoms with E-state index < -0.39 is 14.9 Å². The summed E-state index contributed by atoms with van der Waals surface area (Å²) in [6.07, 6.45) is 1.47. The first-order valence-electron chi connectivity index (χ1n) is 6.45. The van der Waals surface area contributed by atoms with E-state index in [0.29, 0.717) is 6.42 Å². The third-order valence-electron chi connectivity index (χ3n) is 2.82. The first kappa shape index (κ1) is 17.8. The van der Waals surface area contributed by atoms with Crippen LogP contribution in [0.1, 0.15) is 19.8 Å². The predicted molar refractivity (Wildman–Crippen MR) is 81.3 cm³/mol. The molecule has 0 aliphatic rings. The van der Waals surface area contributed by atoms with Gasteiger partial charge in [0, 0.05) is 26.2 Å². The molecule has 0 bridgehead atoms. The Bertz CT molecular complexity index is 585. The number of aliphatic hydroxyl groups excluding tert-OH is 1. The number of rotatable bonds is 9. The Morgan fingerprint density at radius 3 is 2.57 bits per heavy atom. The molecule has 120 valence electrons. The van der Waals surface area contributed by atoms with Gasteiger partial charge in [0.2, 0.25) is 0 Å². The maximum Gasteiger partial charge on any atom is 0.304 e. The zero-order valence-electron chi connectivity index (χ0n) is 11.9. The van der Waals surface area contributed by atoms with E-state index >= 15 is 0 Å². The van der Waals surface area contributed by atoms with E-state index in [-0.39, 0.29) is 34.6 Å². The van der Waals surface area contributed by atoms with E-state index in [4.69, 9.17) is 5.11 Å². The van der Waals surface area contributed by atoms with E-state index in [2.05, 4.69) is 5.32 Å². The average molecular weight is 337 g/mol. The molecule has 0 atom stereocenters. The number of nitrogens with zero attached hydrogens (tertiary/aromatic N) is 2. The first-order valence-corrected chi connectivity index (χ1v) is 8.71. The van der Waals surface area contributed by atoms with Crippen LogP contribution in [0.15, 0.2) is 10.3 Å². The van der Waals surface area contributed by atoms with Crippen molar-refractivity contribution in [1.29, 1.82) is 0 Å². The second-order valence-corrected chi connectivity index (χ2v) is 7.49. The summed E-state index contributed by atoms with van der Waals surface area (Å²) in [6.45, 7) is 1.89. The van der Waals surface area contributed by atoms with Crippen molar-refractivity contribution in [3.63, 3.8) is 0 Å². The molecule has 8 nitrogen and oxygen atoms in total. The van der Waals surface area contributed by atoms with Gasteiger partial charge in [-0.3, -0.25) is 10.1 Å². The van der Waals surface area contributed by atoms with Crippen LogP contribution in [-0.2, 0) is 10.0 Å². The van der Waals surface area contributed by atoms with Crippen molar-refractivity contribution in [2.24, 2.45) is 0 Å². The lowest BCUT2D eigenvalue weighted by Gasteiger charge is -2.19. The molecule has 1 rings (SSSR count). The molecule has 21 heavy (non-hydrogen) atoms. The third kappa shape index (κ3) is 4.13. The summed E-state index contributed by atoms with van der Waals surface area (Å²) in [6, 6.07) is 1.06. The Hall–Kier alpha value is -1.23. The van der Waals surface area contributed by atoms with Crippen LogP contribution in [0.5, 0.6) is 0 Å². The number of sulfonamides is 1. The van der Waals surface area contributed by atoms with Crippen molar-refractivity contribution in [2.45, 2.75) is 24.0 Å². The lowest BCUT2D eigenvalue weighted by atomic mass is 10.3. The smallest absolute Gasteiger partial charge is 0.304 e. The van der Waals surface area contributed by atoms with E-state index in [0.717, 1.165) is 28.1 Å². The van der Waals surface area contributed by atoms with E-state index in [1.165, 1.54) is 7.05 Å². The van der Waals surface area contributed by atoms with Crippen molar-refractivity contribution < 1.29 is 18.4 Å². The molecule has 0 saturated heterocycles. The van der Waals surface area contributed by atoms with Crippen LogP contribution in [-0.4, -0.2) is 49.5 Å². The highest BCUT2D eigenvalue weighted by atomic mass is 32.2. The second-order valence-electron chi connectivity index (χ2n) is 4.27. The molecule has 0 aliphatic carbocycles. The van der Waals surface area contributed by atoms with Crippen LogP contribution < -0.4 is 5.32 Å². The van der Waals surface area contributed by atoms with Crippen molar-refractivity contribution in [1.82, 2.24) is 4.31 Å². The summed E-state index contributed by atoms with van der Waals surface area (Å²) in [5.41, 5.74) is -0.263. The average Bonchev–Trinajstić information content (AvgIpc) is 2.88. The van der Waals surface area contributed by atoms with Gasteiger partial charge in [0.05, 0.1) is 11.5 Å². The summed E-state index contributed by atoms with van der Waals surface area (Å²) in [5, 5.41) is 22.8. The summed E-state index contributed by atoms with van der Waals surface area (Å²) in [4.78, 5) is 10.3. The lowest BCUT2D eigenvalue weighted by molar-refractivity contribution is -0.383. The first-order chi connectivity index (χ1) is 9.88. The summed E-state index contributed by atoms with van der Waals surface area (Å²) in [5.74, 6) is 0. The Morgan fingerprint density at radius 2 is 2.14 bits per heavy atom. The van der Waals surface area contributed by atoms with Crippen LogP contribution in [0.25, 0.3) is 0 Å². The van der Waals surface area contributed by atoms with Gasteiger partial charge < -0.3 is 10.4 Å². The molecule has 10 heteroatoms. The molecule has 0 aliphatic heterocycles. The lowest BCUT2D eigenvalue weighted by Crippen LogP contribution is -2.34. The Kier molecular flexibility index (Phi) is 6.52. The summed E-state index contributed by atoms with van der Waals surface area (Å²) in [7, 11) is -2.34. The Morgan fingerprint density at radius 1 is 1.48 bits per heavy atom. The monoisotopic (exact) mass is 337 g/mol. The highest BCUT2D eigenvalue weighted by molar-refractivity contribution is 7.91. The van der Waals surface area contributed by atoms with Gasteiger partial charge in [0.25, 0.3) is 10.0 Å². The minimum Gasteiger partial charge on any atom is -0.395 e. The standard InChI is InChI=1S/C11H19N3O5S2/c1-3-4-5-13(6-7-15)21(18,19)10-8-9(14(16)17)11(12-2)20-10/h8,12,15H,3-7H2,1-2H3. The number of hydrogen-bond acceptors (Lipinski definition) is 7. The molecule has 1 aromatic heterocycles. The van der Waals surface area contributed by atoms with Crippen molar-refractivity contribution in [3.05, 3.63) is 16.2 Å². The molecule has 0 amide bonds. The van der Waals surface area contributed by atoms with Gasteiger partial charge >= 0.3 is 5.69 Å². The number of unbranched alkanes of at least 4 members (excludes halogenated alkanes) is 1. The van der Waals surface area contributed by atoms with E-state index in [1.54, 1.807) is 0 Å². The number of aliphatic hydroxyl groups is 1. The van der Waals surface area contributed by atoms with Crippen LogP contribution in [0.3, 0.4) is 0 Å². The zero-order chi connectivity index (χ0) is 16.0. The SMILES string of the molecule is CCCCN(CCO)S(=O)(=O)c1cc([N+](=O)[O-])c(NC)s1. The largest absolute Gasteiger partial charge is 0.395 e. The van der Waals surface area contributed by atoms with Gasteiger partial charge in [0.15, 0.2) is 5.00 Å². The second kappa shape index (κ2) is 7.69. The van der Waals surface area contributed by atoms with E-state index in [1.807, 2.05) is 6.92 Å². The molecule has 0 spiro atoms. The fraction of sp³-hybridized carbons (Fsp3) is 0.636. The minimum atomic E-state index is -3.83. The number of nitrogens with one attached hydrogen (secondary N) is 1. The highest BCUT2D eigenvalue weighted by Gasteiger charge is 2.30. The van der Waals surface area contributed by atoms with Gasteiger partial charge in [-0.25, -0.2) is 8.42 Å². The van der Waals surface area contributed by atoms with Gasteiger partial charge in [-0.2, -0.15) is 4.31 Å². The maximum absolute atomic E-state index is 12.5. The Labute approximate surface area is 127 Å². The Balaban J connectivity index is 3.18. The maximum atomic E-state index is 12.5. The van der Waals surface area contributed by atoms with E-state index in [9.17, 15) is 18.5 Å². The summed E-state index contributed by atoms with van der Waals surface area (Å²) >= 11 is 0.818. The van der Waals surface area contributed by atoms with Crippen LogP contribution >= 0.6 is 11.3 Å². The van der Waals surface area contributed by atoms with Crippen molar-refractivity contribution in [2.75, 3.05) is 32.1 Å². The molecule has 0 unspecified atom stereocenters. The topological polar surface area (TPSA) is 113 Å². The van der Waals surface area contributed by atoms with Crippen molar-refractivity contribution >= 4 is 32.0 Å². The van der Waals surface area contributed by atoms with Crippen LogP contribution in [0.4, 0.5) is 10.7 Å². The normalized spacial score (nSPS) is 11.8. The minimum absolute atomic E-state index is 0.0249. The van der Waals surface area contributed by atoms with Gasteiger partial charge in [-0.1, -0.05) is 24.7 Å². The summed E-state index contributed by atoms with van der Waals surface area (Å²) < 4.78 is 26.1. The molecular weight excluding hydrogens is 318 g/mol. The van der Waals surface area contributed by atoms with Crippen LogP contribution in [0, 0.1) is 10.1 Å². The number of thiophene rings is 1. The van der Waals surface area contributed by atoms with Gasteiger partial charge in [0.1, 0.15) is 4.21 Å². The fourth-order valence-corrected chi connectivity index (χ4v) is 4.63. The number of anilines is 1.